The summed E-state index contributed by atoms with van der Waals surface area (Å²) in [6.45, 7) is 12.7. The average Bonchev–Trinajstić information content (AvgIpc) is 3.37. The summed E-state index contributed by atoms with van der Waals surface area (Å²) in [5.41, 5.74) is 16.2. The molecule has 0 spiro atoms. The second-order valence-electron chi connectivity index (χ2n) is 12.0. The van der Waals surface area contributed by atoms with Gasteiger partial charge in [0.25, 0.3) is 0 Å². The van der Waals surface area contributed by atoms with E-state index in [0.29, 0.717) is 0 Å². The zero-order valence-electron chi connectivity index (χ0n) is 26.8. The van der Waals surface area contributed by atoms with Gasteiger partial charge in [-0.05, 0) is 106 Å². The third-order valence-corrected chi connectivity index (χ3v) is 7.91. The molecule has 1 nitrogen and oxygen atoms in total. The molecule has 0 atom stereocenters. The maximum atomic E-state index is 5.69. The van der Waals surface area contributed by atoms with Crippen molar-refractivity contribution in [1.82, 2.24) is 0 Å². The lowest BCUT2D eigenvalue weighted by Crippen LogP contribution is -1.84. The summed E-state index contributed by atoms with van der Waals surface area (Å²) in [5, 5.41) is 0. The Morgan fingerprint density at radius 3 is 0.977 bits per heavy atom. The van der Waals surface area contributed by atoms with Crippen molar-refractivity contribution in [1.29, 1.82) is 0 Å². The van der Waals surface area contributed by atoms with Crippen LogP contribution in [-0.2, 0) is 6.42 Å². The van der Waals surface area contributed by atoms with E-state index in [1.807, 2.05) is 48.5 Å². The van der Waals surface area contributed by atoms with Crippen LogP contribution in [0.15, 0.2) is 133 Å². The summed E-state index contributed by atoms with van der Waals surface area (Å²) in [7, 11) is 0. The Morgan fingerprint density at radius 2 is 0.636 bits per heavy atom. The SMILES string of the molecule is Cc1ccc(-c2ccc(C)cc2)cc1.Cc1ccc(Oc2ccc(C)cc2)cc1.Cc1ccc2c(c1)Cc1cc(C)ccc1-2. The molecule has 6 aromatic rings. The highest BCUT2D eigenvalue weighted by Crippen LogP contribution is 2.37. The van der Waals surface area contributed by atoms with Crippen LogP contribution in [0.4, 0.5) is 0 Å². The smallest absolute Gasteiger partial charge is 0.127 e. The first-order valence-electron chi connectivity index (χ1n) is 15.4. The van der Waals surface area contributed by atoms with Gasteiger partial charge in [-0.2, -0.15) is 0 Å². The highest BCUT2D eigenvalue weighted by atomic mass is 16.5. The normalized spacial score (nSPS) is 10.9. The summed E-state index contributed by atoms with van der Waals surface area (Å²) in [4.78, 5) is 0. The minimum atomic E-state index is 0.879. The van der Waals surface area contributed by atoms with Gasteiger partial charge >= 0.3 is 0 Å². The van der Waals surface area contributed by atoms with Crippen LogP contribution in [0.3, 0.4) is 0 Å². The first-order valence-corrected chi connectivity index (χ1v) is 15.4. The van der Waals surface area contributed by atoms with E-state index in [9.17, 15) is 0 Å². The second-order valence-corrected chi connectivity index (χ2v) is 12.0. The Labute approximate surface area is 263 Å². The van der Waals surface area contributed by atoms with Gasteiger partial charge in [0.1, 0.15) is 11.5 Å². The summed E-state index contributed by atoms with van der Waals surface area (Å²) in [6.07, 6.45) is 1.11. The quantitative estimate of drug-likeness (QED) is 0.204. The molecule has 44 heavy (non-hydrogen) atoms. The standard InChI is InChI=1S/C15H14.C14H14O.C14H14/c1-10-3-5-14-12(7-10)9-13-8-11(2)4-6-15(13)14;1-11-3-7-13(8-4-11)15-14-9-5-12(2)6-10-14;1-11-3-7-13(8-4-11)14-9-5-12(2)6-10-14/h3-8H,9H2,1-2H3;3-10H,1-2H3;3-10H,1-2H3. The Kier molecular flexibility index (Phi) is 9.77. The molecule has 0 saturated carbocycles. The van der Waals surface area contributed by atoms with Crippen molar-refractivity contribution in [2.75, 3.05) is 0 Å². The molecule has 0 saturated heterocycles. The highest BCUT2D eigenvalue weighted by molar-refractivity contribution is 5.77. The molecule has 0 radical (unpaired) electrons. The van der Waals surface area contributed by atoms with E-state index in [0.717, 1.165) is 17.9 Å². The zero-order valence-corrected chi connectivity index (χ0v) is 26.8. The molecule has 7 rings (SSSR count). The van der Waals surface area contributed by atoms with Gasteiger partial charge in [0, 0.05) is 0 Å². The molecule has 0 fully saturated rings. The number of ether oxygens (including phenoxy) is 1. The van der Waals surface area contributed by atoms with E-state index in [4.69, 9.17) is 4.74 Å². The summed E-state index contributed by atoms with van der Waals surface area (Å²) < 4.78 is 5.69. The van der Waals surface area contributed by atoms with E-state index in [2.05, 4.69) is 126 Å². The van der Waals surface area contributed by atoms with Crippen molar-refractivity contribution >= 4 is 0 Å². The maximum Gasteiger partial charge on any atom is 0.127 e. The minimum Gasteiger partial charge on any atom is -0.457 e. The molecular weight excluding hydrogens is 532 g/mol. The van der Waals surface area contributed by atoms with Crippen LogP contribution < -0.4 is 4.74 Å². The molecule has 0 unspecified atom stereocenters. The molecule has 6 aromatic carbocycles. The van der Waals surface area contributed by atoms with Crippen LogP contribution in [-0.4, -0.2) is 0 Å². The van der Waals surface area contributed by atoms with E-state index in [1.165, 1.54) is 66.8 Å². The lowest BCUT2D eigenvalue weighted by Gasteiger charge is -2.05. The molecule has 220 valence electrons. The largest absolute Gasteiger partial charge is 0.457 e. The van der Waals surface area contributed by atoms with E-state index in [1.54, 1.807) is 0 Å². The molecule has 0 heterocycles. The van der Waals surface area contributed by atoms with Crippen LogP contribution in [0.2, 0.25) is 0 Å². The predicted molar refractivity (Wildman–Crippen MR) is 188 cm³/mol. The first-order chi connectivity index (χ1) is 21.2. The molecule has 0 aliphatic heterocycles. The van der Waals surface area contributed by atoms with E-state index >= 15 is 0 Å². The Morgan fingerprint density at radius 1 is 0.341 bits per heavy atom. The fourth-order valence-corrected chi connectivity index (χ4v) is 5.31. The average molecular weight is 575 g/mol. The molecular formula is C43H42O. The van der Waals surface area contributed by atoms with Gasteiger partial charge in [-0.15, -0.1) is 0 Å². The van der Waals surface area contributed by atoms with Gasteiger partial charge in [0.15, 0.2) is 0 Å². The van der Waals surface area contributed by atoms with Crippen LogP contribution in [0.1, 0.15) is 44.5 Å². The van der Waals surface area contributed by atoms with Crippen molar-refractivity contribution in [3.8, 4) is 33.8 Å². The molecule has 0 aromatic heterocycles. The van der Waals surface area contributed by atoms with Gasteiger partial charge in [-0.3, -0.25) is 0 Å². The number of fused-ring (bicyclic) bond motifs is 3. The summed E-state index contributed by atoms with van der Waals surface area (Å²) >= 11 is 0. The van der Waals surface area contributed by atoms with Crippen LogP contribution >= 0.6 is 0 Å². The topological polar surface area (TPSA) is 9.23 Å². The number of benzene rings is 6. The lowest BCUT2D eigenvalue weighted by atomic mass is 10.0. The molecule has 1 heteroatoms. The van der Waals surface area contributed by atoms with Crippen molar-refractivity contribution < 1.29 is 4.74 Å². The van der Waals surface area contributed by atoms with Gasteiger partial charge in [0.2, 0.25) is 0 Å². The van der Waals surface area contributed by atoms with E-state index < -0.39 is 0 Å². The summed E-state index contributed by atoms with van der Waals surface area (Å²) in [6, 6.07) is 46.9. The minimum absolute atomic E-state index is 0.879. The van der Waals surface area contributed by atoms with E-state index in [-0.39, 0.29) is 0 Å². The van der Waals surface area contributed by atoms with Crippen molar-refractivity contribution in [2.24, 2.45) is 0 Å². The molecule has 0 bridgehead atoms. The van der Waals surface area contributed by atoms with Crippen LogP contribution in [0.25, 0.3) is 22.3 Å². The van der Waals surface area contributed by atoms with Crippen molar-refractivity contribution in [3.05, 3.63) is 178 Å². The highest BCUT2D eigenvalue weighted by Gasteiger charge is 2.17. The number of rotatable bonds is 3. The Bertz CT molecular complexity index is 1670. The number of hydrogen-bond acceptors (Lipinski definition) is 1. The van der Waals surface area contributed by atoms with Gasteiger partial charge in [0.05, 0.1) is 0 Å². The predicted octanol–water partition coefficient (Wildman–Crippen LogP) is 11.9. The third-order valence-electron chi connectivity index (χ3n) is 7.91. The van der Waals surface area contributed by atoms with Crippen molar-refractivity contribution in [2.45, 2.75) is 48.0 Å². The van der Waals surface area contributed by atoms with Crippen LogP contribution in [0.5, 0.6) is 11.5 Å². The molecule has 1 aliphatic carbocycles. The number of aryl methyl sites for hydroxylation is 6. The molecule has 0 N–H and O–H groups in total. The van der Waals surface area contributed by atoms with Gasteiger partial charge in [-0.25, -0.2) is 0 Å². The van der Waals surface area contributed by atoms with Gasteiger partial charge < -0.3 is 4.74 Å². The second kappa shape index (κ2) is 14.1. The molecule has 1 aliphatic rings. The lowest BCUT2D eigenvalue weighted by molar-refractivity contribution is 0.482. The van der Waals surface area contributed by atoms with Crippen molar-refractivity contribution in [3.63, 3.8) is 0 Å². The first kappa shape index (κ1) is 30.6. The Balaban J connectivity index is 0.000000131. The third kappa shape index (κ3) is 8.14. The monoisotopic (exact) mass is 574 g/mol. The molecule has 0 amide bonds. The number of hydrogen-bond donors (Lipinski definition) is 0. The zero-order chi connectivity index (χ0) is 31.1. The van der Waals surface area contributed by atoms with Crippen LogP contribution in [0, 0.1) is 41.5 Å². The fraction of sp³-hybridized carbons (Fsp3) is 0.163. The fourth-order valence-electron chi connectivity index (χ4n) is 5.31. The maximum absolute atomic E-state index is 5.69. The Hall–Kier alpha value is -4.88. The van der Waals surface area contributed by atoms with Gasteiger partial charge in [-0.1, -0.05) is 143 Å². The summed E-state index contributed by atoms with van der Waals surface area (Å²) in [5.74, 6) is 1.76.